The number of piperidine rings is 1. The topological polar surface area (TPSA) is 53.0 Å². The van der Waals surface area contributed by atoms with Gasteiger partial charge < -0.3 is 14.7 Å². The van der Waals surface area contributed by atoms with E-state index < -0.39 is 17.6 Å². The zero-order valence-electron chi connectivity index (χ0n) is 22.0. The summed E-state index contributed by atoms with van der Waals surface area (Å²) in [7, 11) is 1.72. The number of rotatable bonds is 3. The minimum Gasteiger partial charge on any atom is -0.504 e. The van der Waals surface area contributed by atoms with E-state index in [-0.39, 0.29) is 23.3 Å². The Hall–Kier alpha value is -3.44. The fourth-order valence-corrected chi connectivity index (χ4v) is 7.64. The van der Waals surface area contributed by atoms with Crippen molar-refractivity contribution in [1.82, 2.24) is 9.80 Å². The number of carbonyl (C=O) groups excluding carboxylic acids is 1. The van der Waals surface area contributed by atoms with Gasteiger partial charge in [-0.2, -0.15) is 13.2 Å². The van der Waals surface area contributed by atoms with Crippen LogP contribution in [0, 0.1) is 17.8 Å². The van der Waals surface area contributed by atoms with Gasteiger partial charge in [0.1, 0.15) is 6.10 Å². The number of ether oxygens (including phenoxy) is 1. The van der Waals surface area contributed by atoms with Crippen LogP contribution in [0.25, 0.3) is 0 Å². The molecule has 0 radical (unpaired) electrons. The molecule has 39 heavy (non-hydrogen) atoms. The van der Waals surface area contributed by atoms with Crippen molar-refractivity contribution in [3.8, 4) is 23.3 Å². The van der Waals surface area contributed by atoms with Crippen LogP contribution in [0.2, 0.25) is 0 Å². The first-order chi connectivity index (χ1) is 18.5. The maximum atomic E-state index is 13.2. The summed E-state index contributed by atoms with van der Waals surface area (Å²) in [6, 6.07) is 8.29. The molecular formula is C31H31F3N2O3. The molecule has 1 amide bonds. The zero-order chi connectivity index (χ0) is 27.7. The van der Waals surface area contributed by atoms with E-state index >= 15 is 0 Å². The third-order valence-corrected chi connectivity index (χ3v) is 9.22. The fraction of sp³-hybridized carbons (Fsp3) is 0.452. The van der Waals surface area contributed by atoms with Crippen molar-refractivity contribution in [3.63, 3.8) is 0 Å². The highest BCUT2D eigenvalue weighted by atomic mass is 19.4. The number of nitrogens with zero attached hydrogens (tertiary/aromatic N) is 2. The third-order valence-electron chi connectivity index (χ3n) is 9.22. The van der Waals surface area contributed by atoms with E-state index in [4.69, 9.17) is 4.74 Å². The summed E-state index contributed by atoms with van der Waals surface area (Å²) in [5.41, 5.74) is 2.74. The normalized spacial score (nSPS) is 28.5. The number of alkyl halides is 3. The average Bonchev–Trinajstić information content (AvgIpc) is 3.24. The Morgan fingerprint density at radius 1 is 1.23 bits per heavy atom. The van der Waals surface area contributed by atoms with E-state index in [2.05, 4.69) is 30.2 Å². The number of likely N-dealkylation sites (tertiary alicyclic amines) is 1. The molecule has 2 aliphatic heterocycles. The second-order valence-electron chi connectivity index (χ2n) is 11.5. The zero-order valence-corrected chi connectivity index (χ0v) is 22.0. The van der Waals surface area contributed by atoms with Crippen LogP contribution in [0.3, 0.4) is 0 Å². The minimum atomic E-state index is -4.42. The van der Waals surface area contributed by atoms with Crippen LogP contribution in [-0.2, 0) is 22.8 Å². The van der Waals surface area contributed by atoms with Gasteiger partial charge in [0.05, 0.1) is 11.6 Å². The van der Waals surface area contributed by atoms with Crippen LogP contribution in [0.4, 0.5) is 13.2 Å². The van der Waals surface area contributed by atoms with Gasteiger partial charge in [0.25, 0.3) is 5.91 Å². The molecule has 2 aromatic carbocycles. The molecule has 0 aromatic heterocycles. The first kappa shape index (κ1) is 25.8. The smallest absolute Gasteiger partial charge is 0.416 e. The van der Waals surface area contributed by atoms with Gasteiger partial charge in [-0.1, -0.05) is 24.1 Å². The number of aromatic hydroxyl groups is 1. The SMILES string of the molecule is C=C(C)CN1CC[C@]23c4c5ccc(O)c4O[C@H]2[C@H](N(C)C(=O)C#Cc2ccc(C(F)(F)F)cc2)CC[C@H]3[C@H]1C5. The summed E-state index contributed by atoms with van der Waals surface area (Å²) >= 11 is 0. The number of phenolic OH excluding ortho intramolecular Hbond substituents is 1. The van der Waals surface area contributed by atoms with Gasteiger partial charge in [0, 0.05) is 42.1 Å². The van der Waals surface area contributed by atoms with Crippen LogP contribution in [0.15, 0.2) is 48.6 Å². The molecule has 8 heteroatoms. The number of amides is 1. The Labute approximate surface area is 226 Å². The number of carbonyl (C=O) groups is 1. The number of likely N-dealkylation sites (N-methyl/N-ethyl adjacent to an activating group) is 1. The van der Waals surface area contributed by atoms with E-state index in [9.17, 15) is 23.1 Å². The van der Waals surface area contributed by atoms with Crippen molar-refractivity contribution in [2.45, 2.75) is 62.4 Å². The predicted octanol–water partition coefficient (Wildman–Crippen LogP) is 4.91. The Balaban J connectivity index is 1.30. The first-order valence-corrected chi connectivity index (χ1v) is 13.4. The Kier molecular flexibility index (Phi) is 5.99. The van der Waals surface area contributed by atoms with Gasteiger partial charge in [-0.3, -0.25) is 9.69 Å². The van der Waals surface area contributed by atoms with Crippen LogP contribution in [0.1, 0.15) is 48.4 Å². The van der Waals surface area contributed by atoms with Crippen LogP contribution in [0.5, 0.6) is 11.5 Å². The summed E-state index contributed by atoms with van der Waals surface area (Å²) < 4.78 is 45.2. The molecule has 2 fully saturated rings. The molecule has 4 aliphatic rings. The van der Waals surface area contributed by atoms with Crippen molar-refractivity contribution in [3.05, 3.63) is 70.8 Å². The number of hydrogen-bond acceptors (Lipinski definition) is 4. The summed E-state index contributed by atoms with van der Waals surface area (Å²) in [5, 5.41) is 10.8. The second-order valence-corrected chi connectivity index (χ2v) is 11.5. The molecule has 6 rings (SSSR count). The van der Waals surface area contributed by atoms with Gasteiger partial charge >= 0.3 is 6.18 Å². The maximum Gasteiger partial charge on any atom is 0.416 e. The molecule has 2 heterocycles. The van der Waals surface area contributed by atoms with E-state index in [1.165, 1.54) is 17.7 Å². The van der Waals surface area contributed by atoms with Gasteiger partial charge in [-0.05, 0) is 81.0 Å². The van der Waals surface area contributed by atoms with Crippen molar-refractivity contribution in [2.24, 2.45) is 5.92 Å². The number of phenols is 1. The lowest BCUT2D eigenvalue weighted by atomic mass is 9.51. The number of benzene rings is 2. The van der Waals surface area contributed by atoms with Gasteiger partial charge in [-0.25, -0.2) is 0 Å². The van der Waals surface area contributed by atoms with E-state index in [0.717, 1.165) is 62.0 Å². The summed E-state index contributed by atoms with van der Waals surface area (Å²) in [6.07, 6.45) is -1.31. The van der Waals surface area contributed by atoms with Gasteiger partial charge in [0.15, 0.2) is 11.5 Å². The monoisotopic (exact) mass is 536 g/mol. The Morgan fingerprint density at radius 2 is 1.97 bits per heavy atom. The largest absolute Gasteiger partial charge is 0.504 e. The van der Waals surface area contributed by atoms with Crippen LogP contribution >= 0.6 is 0 Å². The predicted molar refractivity (Wildman–Crippen MR) is 140 cm³/mol. The number of hydrogen-bond donors (Lipinski definition) is 1. The third kappa shape index (κ3) is 4.01. The lowest BCUT2D eigenvalue weighted by molar-refractivity contribution is -0.137. The molecule has 5 nitrogen and oxygen atoms in total. The molecule has 2 bridgehead atoms. The van der Waals surface area contributed by atoms with Crippen molar-refractivity contribution < 1.29 is 27.8 Å². The standard InChI is InChI=1S/C31H31F3N2O3/c1-18(2)17-36-15-14-30-22-10-11-23(29(30)39-28-25(37)12-7-20(27(28)30)16-24(22)36)35(3)26(38)13-6-19-4-8-21(9-5-19)31(32,33)34/h4-5,7-9,12,22-24,29,37H,1,10-11,14-17H2,2-3H3/t22-,23+,24+,29-,30-/m0/s1. The molecule has 1 spiro atoms. The molecule has 0 unspecified atom stereocenters. The molecule has 5 atom stereocenters. The van der Waals surface area contributed by atoms with E-state index in [1.54, 1.807) is 18.0 Å². The summed E-state index contributed by atoms with van der Waals surface area (Å²) in [5.74, 6) is 5.95. The van der Waals surface area contributed by atoms with Crippen LogP contribution < -0.4 is 4.74 Å². The van der Waals surface area contributed by atoms with Crippen molar-refractivity contribution >= 4 is 5.91 Å². The lowest BCUT2D eigenvalue weighted by Gasteiger charge is -2.60. The molecule has 2 aromatic rings. The summed E-state index contributed by atoms with van der Waals surface area (Å²) in [4.78, 5) is 17.4. The second kappa shape index (κ2) is 9.06. The minimum absolute atomic E-state index is 0.133. The van der Waals surface area contributed by atoms with Gasteiger partial charge in [0.2, 0.25) is 0 Å². The summed E-state index contributed by atoms with van der Waals surface area (Å²) in [6.45, 7) is 7.94. The molecule has 2 aliphatic carbocycles. The van der Waals surface area contributed by atoms with Crippen molar-refractivity contribution in [2.75, 3.05) is 20.1 Å². The molecule has 1 N–H and O–H groups in total. The highest BCUT2D eigenvalue weighted by molar-refractivity contribution is 5.94. The highest BCUT2D eigenvalue weighted by Crippen LogP contribution is 2.64. The molecule has 204 valence electrons. The maximum absolute atomic E-state index is 13.2. The van der Waals surface area contributed by atoms with Crippen LogP contribution in [-0.4, -0.2) is 59.1 Å². The molecule has 1 saturated heterocycles. The highest BCUT2D eigenvalue weighted by Gasteiger charge is 2.66. The first-order valence-electron chi connectivity index (χ1n) is 13.4. The van der Waals surface area contributed by atoms with E-state index in [0.29, 0.717) is 23.3 Å². The Morgan fingerprint density at radius 3 is 2.67 bits per heavy atom. The van der Waals surface area contributed by atoms with Gasteiger partial charge in [-0.15, -0.1) is 0 Å². The lowest BCUT2D eigenvalue weighted by Crippen LogP contribution is -2.69. The quantitative estimate of drug-likeness (QED) is 0.448. The van der Waals surface area contributed by atoms with E-state index in [1.807, 2.05) is 6.07 Å². The fourth-order valence-electron chi connectivity index (χ4n) is 7.64. The number of halogens is 3. The molecular weight excluding hydrogens is 505 g/mol. The Bertz CT molecular complexity index is 1410. The molecule has 1 saturated carbocycles. The average molecular weight is 537 g/mol. The van der Waals surface area contributed by atoms with Crippen molar-refractivity contribution in [1.29, 1.82) is 0 Å².